The molecule has 0 saturated heterocycles. The zero-order chi connectivity index (χ0) is 26.7. The highest BCUT2D eigenvalue weighted by atomic mass is 32.2. The van der Waals surface area contributed by atoms with E-state index < -0.39 is 10.1 Å². The zero-order valence-electron chi connectivity index (χ0n) is 23.8. The van der Waals surface area contributed by atoms with E-state index in [1.165, 1.54) is 44.9 Å². The molecule has 0 amide bonds. The standard InChI is InChI=1S/C30H52O5S/c1-29(2,3)30(4,5)19-15-10-8-7-9-11-16-20-34-28-22-27(35-36(6,31)32)21-26(28)24-33-23-25-17-13-12-14-18-25/h12-14,17-18,26-28H,7-11,15-16,19-24H2,1-6H3/t26-,27-,28-/m0/s1. The molecule has 0 aliphatic heterocycles. The molecule has 1 saturated carbocycles. The van der Waals surface area contributed by atoms with Gasteiger partial charge in [0.1, 0.15) is 0 Å². The first-order valence-electron chi connectivity index (χ1n) is 14.0. The minimum absolute atomic E-state index is 0.0151. The van der Waals surface area contributed by atoms with Crippen molar-refractivity contribution in [3.05, 3.63) is 35.9 Å². The number of unbranched alkanes of at least 4 members (excludes halogenated alkanes) is 6. The minimum atomic E-state index is -3.47. The molecule has 208 valence electrons. The SMILES string of the molecule is CC(C)(C)C(C)(C)CCCCCCCCCO[C@H]1C[C@@H](OS(C)(=O)=O)C[C@H]1COCc1ccccc1. The quantitative estimate of drug-likeness (QED) is 0.156. The third kappa shape index (κ3) is 12.1. The average Bonchev–Trinajstić information content (AvgIpc) is 3.14. The number of rotatable bonds is 17. The van der Waals surface area contributed by atoms with Crippen LogP contribution in [-0.2, 0) is 30.4 Å². The lowest BCUT2D eigenvalue weighted by Gasteiger charge is -2.39. The Morgan fingerprint density at radius 2 is 1.47 bits per heavy atom. The van der Waals surface area contributed by atoms with E-state index in [0.29, 0.717) is 43.5 Å². The molecular formula is C30H52O5S. The molecule has 6 heteroatoms. The monoisotopic (exact) mass is 524 g/mol. The molecule has 0 N–H and O–H groups in total. The van der Waals surface area contributed by atoms with E-state index in [2.05, 4.69) is 34.6 Å². The lowest BCUT2D eigenvalue weighted by Crippen LogP contribution is -2.29. The summed E-state index contributed by atoms with van der Waals surface area (Å²) in [6.07, 6.45) is 12.1. The number of hydrogen-bond donors (Lipinski definition) is 0. The summed E-state index contributed by atoms with van der Waals surface area (Å²) < 4.78 is 40.7. The Bertz CT molecular complexity index is 829. The van der Waals surface area contributed by atoms with E-state index in [4.69, 9.17) is 13.7 Å². The maximum atomic E-state index is 11.6. The van der Waals surface area contributed by atoms with Gasteiger partial charge in [-0.1, -0.05) is 103 Å². The van der Waals surface area contributed by atoms with Crippen molar-refractivity contribution in [2.45, 2.75) is 118 Å². The van der Waals surface area contributed by atoms with Crippen LogP contribution < -0.4 is 0 Å². The third-order valence-electron chi connectivity index (χ3n) is 8.15. The van der Waals surface area contributed by atoms with Crippen molar-refractivity contribution in [2.24, 2.45) is 16.7 Å². The number of ether oxygens (including phenoxy) is 2. The summed E-state index contributed by atoms with van der Waals surface area (Å²) in [6.45, 7) is 13.6. The second kappa shape index (κ2) is 14.8. The second-order valence-corrected chi connectivity index (χ2v) is 14.0. The van der Waals surface area contributed by atoms with Gasteiger partial charge >= 0.3 is 0 Å². The fourth-order valence-electron chi connectivity index (χ4n) is 4.81. The van der Waals surface area contributed by atoms with E-state index in [0.717, 1.165) is 18.2 Å². The Morgan fingerprint density at radius 3 is 2.08 bits per heavy atom. The van der Waals surface area contributed by atoms with Crippen molar-refractivity contribution in [1.29, 1.82) is 0 Å². The highest BCUT2D eigenvalue weighted by Crippen LogP contribution is 2.42. The Balaban J connectivity index is 1.62. The predicted molar refractivity (Wildman–Crippen MR) is 148 cm³/mol. The largest absolute Gasteiger partial charge is 0.378 e. The van der Waals surface area contributed by atoms with Gasteiger partial charge in [0.2, 0.25) is 0 Å². The van der Waals surface area contributed by atoms with Gasteiger partial charge < -0.3 is 9.47 Å². The molecular weight excluding hydrogens is 472 g/mol. The van der Waals surface area contributed by atoms with Crippen molar-refractivity contribution in [3.63, 3.8) is 0 Å². The highest BCUT2D eigenvalue weighted by molar-refractivity contribution is 7.86. The molecule has 1 aromatic carbocycles. The van der Waals surface area contributed by atoms with Crippen LogP contribution in [0.2, 0.25) is 0 Å². The van der Waals surface area contributed by atoms with Gasteiger partial charge in [-0.15, -0.1) is 0 Å². The molecule has 0 aromatic heterocycles. The minimum Gasteiger partial charge on any atom is -0.378 e. The van der Waals surface area contributed by atoms with Crippen molar-refractivity contribution >= 4 is 10.1 Å². The summed E-state index contributed by atoms with van der Waals surface area (Å²) in [6, 6.07) is 10.1. The van der Waals surface area contributed by atoms with Crippen LogP contribution in [0.15, 0.2) is 30.3 Å². The van der Waals surface area contributed by atoms with Gasteiger partial charge in [0, 0.05) is 18.9 Å². The molecule has 0 radical (unpaired) electrons. The summed E-state index contributed by atoms with van der Waals surface area (Å²) in [5.41, 5.74) is 1.88. The van der Waals surface area contributed by atoms with Gasteiger partial charge in [-0.25, -0.2) is 0 Å². The fourth-order valence-corrected chi connectivity index (χ4v) is 5.46. The van der Waals surface area contributed by atoms with Crippen molar-refractivity contribution in [3.8, 4) is 0 Å². The first-order chi connectivity index (χ1) is 16.9. The van der Waals surface area contributed by atoms with E-state index in [-0.39, 0.29) is 18.1 Å². The number of benzene rings is 1. The van der Waals surface area contributed by atoms with E-state index in [1.54, 1.807) is 0 Å². The second-order valence-electron chi connectivity index (χ2n) is 12.4. The molecule has 36 heavy (non-hydrogen) atoms. The van der Waals surface area contributed by atoms with Crippen molar-refractivity contribution in [1.82, 2.24) is 0 Å². The van der Waals surface area contributed by atoms with Gasteiger partial charge in [0.25, 0.3) is 10.1 Å². The third-order valence-corrected chi connectivity index (χ3v) is 8.77. The van der Waals surface area contributed by atoms with Crippen molar-refractivity contribution in [2.75, 3.05) is 19.5 Å². The Morgan fingerprint density at radius 1 is 0.861 bits per heavy atom. The van der Waals surface area contributed by atoms with Crippen molar-refractivity contribution < 1.29 is 22.1 Å². The molecule has 0 spiro atoms. The molecule has 5 nitrogen and oxygen atoms in total. The van der Waals surface area contributed by atoms with Gasteiger partial charge in [-0.3, -0.25) is 4.18 Å². The predicted octanol–water partition coefficient (Wildman–Crippen LogP) is 7.54. The summed E-state index contributed by atoms with van der Waals surface area (Å²) >= 11 is 0. The van der Waals surface area contributed by atoms with Gasteiger partial charge in [-0.2, -0.15) is 8.42 Å². The molecule has 0 heterocycles. The number of hydrogen-bond acceptors (Lipinski definition) is 5. The molecule has 1 aromatic rings. The fraction of sp³-hybridized carbons (Fsp3) is 0.800. The van der Waals surface area contributed by atoms with E-state index in [1.807, 2.05) is 30.3 Å². The zero-order valence-corrected chi connectivity index (χ0v) is 24.6. The van der Waals surface area contributed by atoms with Gasteiger partial charge in [-0.05, 0) is 35.7 Å². The van der Waals surface area contributed by atoms with Gasteiger partial charge in [0.15, 0.2) is 0 Å². The smallest absolute Gasteiger partial charge is 0.264 e. The summed E-state index contributed by atoms with van der Waals surface area (Å²) in [7, 11) is -3.47. The lowest BCUT2D eigenvalue weighted by atomic mass is 9.67. The summed E-state index contributed by atoms with van der Waals surface area (Å²) in [5, 5.41) is 0. The average molecular weight is 525 g/mol. The molecule has 1 fully saturated rings. The van der Waals surface area contributed by atoms with E-state index >= 15 is 0 Å². The first kappa shape index (κ1) is 31.3. The Labute approximate surface area is 221 Å². The molecule has 2 rings (SSSR count). The molecule has 3 atom stereocenters. The van der Waals surface area contributed by atoms with Crippen LogP contribution in [0.1, 0.15) is 104 Å². The highest BCUT2D eigenvalue weighted by Gasteiger charge is 2.37. The van der Waals surface area contributed by atoms with Crippen LogP contribution in [0.25, 0.3) is 0 Å². The Hall–Kier alpha value is -0.950. The topological polar surface area (TPSA) is 61.8 Å². The van der Waals surface area contributed by atoms with Crippen LogP contribution in [0, 0.1) is 16.7 Å². The maximum absolute atomic E-state index is 11.6. The Kier molecular flexibility index (Phi) is 12.9. The van der Waals surface area contributed by atoms with Crippen LogP contribution in [0.3, 0.4) is 0 Å². The lowest BCUT2D eigenvalue weighted by molar-refractivity contribution is -0.0125. The molecule has 0 bridgehead atoms. The van der Waals surface area contributed by atoms with Crippen LogP contribution in [0.5, 0.6) is 0 Å². The van der Waals surface area contributed by atoms with Crippen LogP contribution in [0.4, 0.5) is 0 Å². The van der Waals surface area contributed by atoms with Gasteiger partial charge in [0.05, 0.1) is 31.7 Å². The molecule has 1 aliphatic carbocycles. The molecule has 1 aliphatic rings. The summed E-state index contributed by atoms with van der Waals surface area (Å²) in [4.78, 5) is 0. The van der Waals surface area contributed by atoms with E-state index in [9.17, 15) is 8.42 Å². The maximum Gasteiger partial charge on any atom is 0.264 e. The molecule has 0 unspecified atom stereocenters. The van der Waals surface area contributed by atoms with Crippen LogP contribution in [-0.4, -0.2) is 40.1 Å². The first-order valence-corrected chi connectivity index (χ1v) is 15.8. The summed E-state index contributed by atoms with van der Waals surface area (Å²) in [5.74, 6) is 0.151. The van der Waals surface area contributed by atoms with Crippen LogP contribution >= 0.6 is 0 Å². The normalized spacial score (nSPS) is 21.2.